The number of hydrogen-bond donors (Lipinski definition) is 1. The maximum absolute atomic E-state index is 12.4. The third kappa shape index (κ3) is 3.41. The van der Waals surface area contributed by atoms with Crippen molar-refractivity contribution in [1.29, 1.82) is 0 Å². The van der Waals surface area contributed by atoms with E-state index < -0.39 is 0 Å². The molecule has 7 nitrogen and oxygen atoms in total. The first kappa shape index (κ1) is 16.4. The van der Waals surface area contributed by atoms with Gasteiger partial charge in [0.25, 0.3) is 5.91 Å². The summed E-state index contributed by atoms with van der Waals surface area (Å²) in [7, 11) is 1.66. The van der Waals surface area contributed by atoms with E-state index in [9.17, 15) is 14.4 Å². The molecule has 1 fully saturated rings. The number of amides is 2. The molecular formula is C17H21N3O4. The van der Waals surface area contributed by atoms with Crippen LogP contribution in [0.25, 0.3) is 0 Å². The number of Topliss-reactive ketones (excluding diaryl/α,β-unsaturated/α-hetero) is 1. The Morgan fingerprint density at radius 3 is 2.71 bits per heavy atom. The van der Waals surface area contributed by atoms with Crippen molar-refractivity contribution in [3.8, 4) is 5.75 Å². The number of ether oxygens (including phenoxy) is 1. The second kappa shape index (κ2) is 7.00. The second-order valence-electron chi connectivity index (χ2n) is 5.98. The van der Waals surface area contributed by atoms with Gasteiger partial charge in [-0.1, -0.05) is 0 Å². The van der Waals surface area contributed by atoms with Gasteiger partial charge in [-0.2, -0.15) is 0 Å². The number of nitrogens with one attached hydrogen (secondary N) is 1. The van der Waals surface area contributed by atoms with Gasteiger partial charge in [-0.05, 0) is 18.2 Å². The molecule has 0 radical (unpaired) electrons. The van der Waals surface area contributed by atoms with E-state index in [0.29, 0.717) is 30.1 Å². The van der Waals surface area contributed by atoms with Crippen molar-refractivity contribution < 1.29 is 19.1 Å². The van der Waals surface area contributed by atoms with Crippen molar-refractivity contribution in [2.24, 2.45) is 0 Å². The zero-order chi connectivity index (χ0) is 17.1. The number of anilines is 1. The van der Waals surface area contributed by atoms with Gasteiger partial charge in [0.15, 0.2) is 12.4 Å². The Hall–Kier alpha value is -2.41. The highest BCUT2D eigenvalue weighted by Crippen LogP contribution is 2.32. The SMILES string of the molecule is CN1C(=O)COc2ccc(C(=O)CCC(=O)N3CCNCC3)cc21. The van der Waals surface area contributed by atoms with Crippen molar-refractivity contribution >= 4 is 23.3 Å². The van der Waals surface area contributed by atoms with E-state index in [1.165, 1.54) is 4.90 Å². The van der Waals surface area contributed by atoms with Crippen LogP contribution < -0.4 is 15.0 Å². The lowest BCUT2D eigenvalue weighted by Gasteiger charge is -2.27. The van der Waals surface area contributed by atoms with E-state index >= 15 is 0 Å². The molecule has 0 bridgehead atoms. The van der Waals surface area contributed by atoms with E-state index in [1.807, 2.05) is 0 Å². The smallest absolute Gasteiger partial charge is 0.264 e. The molecule has 2 heterocycles. The highest BCUT2D eigenvalue weighted by molar-refractivity contribution is 6.02. The zero-order valence-corrected chi connectivity index (χ0v) is 13.7. The topological polar surface area (TPSA) is 79.0 Å². The standard InChI is InChI=1S/C17H21N3O4/c1-19-13-10-12(2-4-15(13)24-11-17(19)23)14(21)3-5-16(22)20-8-6-18-7-9-20/h2,4,10,18H,3,5-9,11H2,1H3. The van der Waals surface area contributed by atoms with Gasteiger partial charge >= 0.3 is 0 Å². The lowest BCUT2D eigenvalue weighted by molar-refractivity contribution is -0.131. The van der Waals surface area contributed by atoms with Crippen LogP contribution in [-0.4, -0.2) is 62.3 Å². The number of likely N-dealkylation sites (N-methyl/N-ethyl adjacent to an activating group) is 1. The first-order valence-electron chi connectivity index (χ1n) is 8.11. The van der Waals surface area contributed by atoms with Gasteiger partial charge in [-0.15, -0.1) is 0 Å². The molecule has 2 amide bonds. The minimum atomic E-state index is -0.152. The molecule has 0 saturated carbocycles. The molecule has 0 spiro atoms. The third-order valence-electron chi connectivity index (χ3n) is 4.40. The number of carbonyl (C=O) groups excluding carboxylic acids is 3. The minimum Gasteiger partial charge on any atom is -0.482 e. The van der Waals surface area contributed by atoms with Gasteiger partial charge < -0.3 is 19.9 Å². The van der Waals surface area contributed by atoms with E-state index in [1.54, 1.807) is 30.1 Å². The summed E-state index contributed by atoms with van der Waals surface area (Å²) < 4.78 is 5.35. The van der Waals surface area contributed by atoms with Gasteiger partial charge in [0, 0.05) is 51.6 Å². The normalized spacial score (nSPS) is 17.3. The van der Waals surface area contributed by atoms with E-state index in [0.717, 1.165) is 13.1 Å². The number of fused-ring (bicyclic) bond motifs is 1. The first-order chi connectivity index (χ1) is 11.6. The highest BCUT2D eigenvalue weighted by atomic mass is 16.5. The second-order valence-corrected chi connectivity index (χ2v) is 5.98. The average molecular weight is 331 g/mol. The highest BCUT2D eigenvalue weighted by Gasteiger charge is 2.24. The van der Waals surface area contributed by atoms with Crippen LogP contribution in [0, 0.1) is 0 Å². The van der Waals surface area contributed by atoms with Crippen LogP contribution >= 0.6 is 0 Å². The van der Waals surface area contributed by atoms with Gasteiger partial charge in [0.05, 0.1) is 5.69 Å². The van der Waals surface area contributed by atoms with Crippen molar-refractivity contribution in [2.45, 2.75) is 12.8 Å². The molecule has 24 heavy (non-hydrogen) atoms. The lowest BCUT2D eigenvalue weighted by atomic mass is 10.0. The third-order valence-corrected chi connectivity index (χ3v) is 4.40. The molecule has 0 aliphatic carbocycles. The Labute approximate surface area is 140 Å². The molecule has 3 rings (SSSR count). The molecule has 7 heteroatoms. The number of carbonyl (C=O) groups is 3. The molecule has 0 aromatic heterocycles. The van der Waals surface area contributed by atoms with Crippen LogP contribution in [0.1, 0.15) is 23.2 Å². The van der Waals surface area contributed by atoms with Gasteiger partial charge in [-0.3, -0.25) is 14.4 Å². The van der Waals surface area contributed by atoms with Gasteiger partial charge in [0.2, 0.25) is 5.91 Å². The number of hydrogen-bond acceptors (Lipinski definition) is 5. The number of nitrogens with zero attached hydrogens (tertiary/aromatic N) is 2. The molecule has 128 valence electrons. The van der Waals surface area contributed by atoms with Crippen molar-refractivity contribution in [1.82, 2.24) is 10.2 Å². The summed E-state index contributed by atoms with van der Waals surface area (Å²) in [5.74, 6) is 0.345. The lowest BCUT2D eigenvalue weighted by Crippen LogP contribution is -2.46. The zero-order valence-electron chi connectivity index (χ0n) is 13.7. The maximum atomic E-state index is 12.4. The van der Waals surface area contributed by atoms with E-state index in [4.69, 9.17) is 4.74 Å². The number of rotatable bonds is 4. The van der Waals surface area contributed by atoms with Crippen LogP contribution in [0.5, 0.6) is 5.75 Å². The molecule has 2 aliphatic rings. The van der Waals surface area contributed by atoms with Gasteiger partial charge in [0.1, 0.15) is 5.75 Å². The molecule has 0 atom stereocenters. The van der Waals surface area contributed by atoms with E-state index in [-0.39, 0.29) is 37.0 Å². The Kier molecular flexibility index (Phi) is 4.80. The predicted octanol–water partition coefficient (Wildman–Crippen LogP) is 0.436. The summed E-state index contributed by atoms with van der Waals surface area (Å²) in [6, 6.07) is 5.04. The van der Waals surface area contributed by atoms with Crippen LogP contribution in [0.15, 0.2) is 18.2 Å². The maximum Gasteiger partial charge on any atom is 0.264 e. The van der Waals surface area contributed by atoms with Crippen molar-refractivity contribution in [3.05, 3.63) is 23.8 Å². The number of benzene rings is 1. The predicted molar refractivity (Wildman–Crippen MR) is 88.4 cm³/mol. The molecule has 1 saturated heterocycles. The molecule has 1 aromatic carbocycles. The summed E-state index contributed by atoms with van der Waals surface area (Å²) in [4.78, 5) is 39.5. The Bertz CT molecular complexity index is 668. The van der Waals surface area contributed by atoms with Crippen LogP contribution in [-0.2, 0) is 9.59 Å². The van der Waals surface area contributed by atoms with Gasteiger partial charge in [-0.25, -0.2) is 0 Å². The largest absolute Gasteiger partial charge is 0.482 e. The first-order valence-corrected chi connectivity index (χ1v) is 8.11. The summed E-state index contributed by atoms with van der Waals surface area (Å²) in [6.07, 6.45) is 0.376. The fourth-order valence-corrected chi connectivity index (χ4v) is 2.88. The Balaban J connectivity index is 1.63. The average Bonchev–Trinajstić information content (AvgIpc) is 2.63. The molecule has 2 aliphatic heterocycles. The number of ketones is 1. The Morgan fingerprint density at radius 1 is 1.21 bits per heavy atom. The van der Waals surface area contributed by atoms with Crippen LogP contribution in [0.4, 0.5) is 5.69 Å². The minimum absolute atomic E-state index is 0.00991. The fraction of sp³-hybridized carbons (Fsp3) is 0.471. The summed E-state index contributed by atoms with van der Waals surface area (Å²) in [5, 5.41) is 3.19. The molecular weight excluding hydrogens is 310 g/mol. The van der Waals surface area contributed by atoms with Crippen LogP contribution in [0.3, 0.4) is 0 Å². The molecule has 1 aromatic rings. The van der Waals surface area contributed by atoms with Crippen molar-refractivity contribution in [2.75, 3.05) is 44.7 Å². The molecule has 1 N–H and O–H groups in total. The summed E-state index contributed by atoms with van der Waals surface area (Å²) in [6.45, 7) is 2.98. The summed E-state index contributed by atoms with van der Waals surface area (Å²) >= 11 is 0. The van der Waals surface area contributed by atoms with Crippen LogP contribution in [0.2, 0.25) is 0 Å². The number of piperazine rings is 1. The quantitative estimate of drug-likeness (QED) is 0.810. The fourth-order valence-electron chi connectivity index (χ4n) is 2.88. The summed E-state index contributed by atoms with van der Waals surface area (Å²) in [5.41, 5.74) is 1.08. The molecule has 0 unspecified atom stereocenters. The van der Waals surface area contributed by atoms with E-state index in [2.05, 4.69) is 5.32 Å². The Morgan fingerprint density at radius 2 is 1.96 bits per heavy atom. The monoisotopic (exact) mass is 331 g/mol. The van der Waals surface area contributed by atoms with Crippen molar-refractivity contribution in [3.63, 3.8) is 0 Å².